The Morgan fingerprint density at radius 1 is 1.08 bits per heavy atom. The highest BCUT2D eigenvalue weighted by Crippen LogP contribution is 2.34. The van der Waals surface area contributed by atoms with Gasteiger partial charge in [0, 0.05) is 41.7 Å². The van der Waals surface area contributed by atoms with Gasteiger partial charge in [0.05, 0.1) is 7.11 Å². The standard InChI is InChI=1S/C32H46ClN3O3/c1-7-16-36(8-2)22-25-18-26(32(3,4)5)17-23(20-34)30(25)39-31(33)38-29-15-14-28(37-6)19-24(29)21-35-27-12-10-9-11-13-27/h14-15,17-21,27,31,34H,7-13,16,22H2,1-6H3. The summed E-state index contributed by atoms with van der Waals surface area (Å²) < 4.78 is 17.8. The average molecular weight is 556 g/mol. The third-order valence-corrected chi connectivity index (χ3v) is 7.42. The molecule has 0 spiro atoms. The normalized spacial score (nSPS) is 15.5. The molecule has 39 heavy (non-hydrogen) atoms. The van der Waals surface area contributed by atoms with Gasteiger partial charge in [0.1, 0.15) is 17.2 Å². The van der Waals surface area contributed by atoms with Crippen LogP contribution in [0, 0.1) is 5.41 Å². The summed E-state index contributed by atoms with van der Waals surface area (Å²) in [6.07, 6.45) is 10.2. The molecule has 1 aliphatic carbocycles. The van der Waals surface area contributed by atoms with Gasteiger partial charge in [0.15, 0.2) is 0 Å². The minimum atomic E-state index is -1.10. The van der Waals surface area contributed by atoms with Gasteiger partial charge in [0.25, 0.3) is 0 Å². The lowest BCUT2D eigenvalue weighted by molar-refractivity contribution is 0.0752. The Bertz CT molecular complexity index is 1110. The number of methoxy groups -OCH3 is 1. The first-order chi connectivity index (χ1) is 18.7. The highest BCUT2D eigenvalue weighted by atomic mass is 35.5. The zero-order valence-electron chi connectivity index (χ0n) is 24.6. The van der Waals surface area contributed by atoms with Crippen LogP contribution in [0.3, 0.4) is 0 Å². The number of halogens is 1. The molecule has 3 rings (SSSR count). The highest BCUT2D eigenvalue weighted by Gasteiger charge is 2.23. The van der Waals surface area contributed by atoms with Crippen molar-refractivity contribution in [2.75, 3.05) is 20.2 Å². The topological polar surface area (TPSA) is 67.1 Å². The predicted octanol–water partition coefficient (Wildman–Crippen LogP) is 7.95. The van der Waals surface area contributed by atoms with E-state index in [4.69, 9.17) is 36.2 Å². The molecule has 1 fully saturated rings. The third kappa shape index (κ3) is 8.97. The van der Waals surface area contributed by atoms with Crippen molar-refractivity contribution in [3.8, 4) is 17.2 Å². The summed E-state index contributed by atoms with van der Waals surface area (Å²) in [6.45, 7) is 13.5. The minimum Gasteiger partial charge on any atom is -0.497 e. The molecule has 0 amide bonds. The number of nitrogens with one attached hydrogen (secondary N) is 1. The van der Waals surface area contributed by atoms with E-state index < -0.39 is 5.75 Å². The zero-order valence-corrected chi connectivity index (χ0v) is 25.3. The van der Waals surface area contributed by atoms with E-state index in [-0.39, 0.29) is 5.41 Å². The number of nitrogens with zero attached hydrogens (tertiary/aromatic N) is 2. The molecular weight excluding hydrogens is 510 g/mol. The van der Waals surface area contributed by atoms with Crippen molar-refractivity contribution >= 4 is 24.0 Å². The molecule has 0 bridgehead atoms. The molecule has 1 unspecified atom stereocenters. The number of benzene rings is 2. The number of hydrogen-bond acceptors (Lipinski definition) is 6. The lowest BCUT2D eigenvalue weighted by Gasteiger charge is -2.27. The number of ether oxygens (including phenoxy) is 3. The number of aliphatic imine (C=N–C) groups is 1. The van der Waals surface area contributed by atoms with Crippen LogP contribution in [0.5, 0.6) is 17.2 Å². The van der Waals surface area contributed by atoms with Gasteiger partial charge in [-0.1, -0.05) is 59.9 Å². The van der Waals surface area contributed by atoms with Crippen LogP contribution in [0.1, 0.15) is 95.4 Å². The summed E-state index contributed by atoms with van der Waals surface area (Å²) in [6, 6.07) is 10.1. The Morgan fingerprint density at radius 3 is 2.44 bits per heavy atom. The van der Waals surface area contributed by atoms with Gasteiger partial charge in [-0.05, 0) is 79.2 Å². The molecule has 0 heterocycles. The summed E-state index contributed by atoms with van der Waals surface area (Å²) >= 11 is 6.70. The molecule has 1 N–H and O–H groups in total. The van der Waals surface area contributed by atoms with Crippen molar-refractivity contribution in [3.63, 3.8) is 0 Å². The van der Waals surface area contributed by atoms with Gasteiger partial charge >= 0.3 is 5.75 Å². The van der Waals surface area contributed by atoms with E-state index >= 15 is 0 Å². The van der Waals surface area contributed by atoms with Gasteiger partial charge in [-0.25, -0.2) is 0 Å². The highest BCUT2D eigenvalue weighted by molar-refractivity contribution is 6.19. The lowest BCUT2D eigenvalue weighted by atomic mass is 9.84. The van der Waals surface area contributed by atoms with E-state index in [9.17, 15) is 0 Å². The summed E-state index contributed by atoms with van der Waals surface area (Å²) in [5.41, 5.74) is 3.57. The molecule has 6 nitrogen and oxygen atoms in total. The van der Waals surface area contributed by atoms with E-state index in [0.717, 1.165) is 54.8 Å². The Labute approximate surface area is 240 Å². The Kier molecular flexibility index (Phi) is 11.7. The summed E-state index contributed by atoms with van der Waals surface area (Å²) in [5, 5.41) is 8.15. The minimum absolute atomic E-state index is 0.0701. The molecule has 214 valence electrons. The number of alkyl halides is 1. The van der Waals surface area contributed by atoms with E-state index in [2.05, 4.69) is 45.6 Å². The van der Waals surface area contributed by atoms with Crippen LogP contribution in [0.2, 0.25) is 0 Å². The average Bonchev–Trinajstić information content (AvgIpc) is 2.92. The fourth-order valence-corrected chi connectivity index (χ4v) is 5.10. The maximum atomic E-state index is 8.15. The van der Waals surface area contributed by atoms with Gasteiger partial charge in [-0.15, -0.1) is 0 Å². The molecule has 1 saturated carbocycles. The van der Waals surface area contributed by atoms with Crippen LogP contribution in [0.25, 0.3) is 0 Å². The molecule has 0 aromatic heterocycles. The second-order valence-electron chi connectivity index (χ2n) is 11.3. The molecule has 2 aromatic rings. The third-order valence-electron chi connectivity index (χ3n) is 7.24. The first-order valence-electron chi connectivity index (χ1n) is 14.3. The van der Waals surface area contributed by atoms with Crippen molar-refractivity contribution in [1.29, 1.82) is 5.41 Å². The quantitative estimate of drug-likeness (QED) is 0.155. The monoisotopic (exact) mass is 555 g/mol. The number of hydrogen-bond donors (Lipinski definition) is 1. The maximum absolute atomic E-state index is 8.15. The fourth-order valence-electron chi connectivity index (χ4n) is 4.91. The van der Waals surface area contributed by atoms with Crippen molar-refractivity contribution in [1.82, 2.24) is 4.90 Å². The smallest absolute Gasteiger partial charge is 0.322 e. The second-order valence-corrected chi connectivity index (χ2v) is 11.7. The van der Waals surface area contributed by atoms with Crippen LogP contribution in [-0.4, -0.2) is 49.3 Å². The molecule has 0 saturated heterocycles. The first-order valence-corrected chi connectivity index (χ1v) is 14.7. The lowest BCUT2D eigenvalue weighted by Crippen LogP contribution is -2.26. The van der Waals surface area contributed by atoms with Crippen LogP contribution >= 0.6 is 11.6 Å². The van der Waals surface area contributed by atoms with E-state index in [0.29, 0.717) is 29.6 Å². The Morgan fingerprint density at radius 2 is 1.82 bits per heavy atom. The van der Waals surface area contributed by atoms with Crippen molar-refractivity contribution < 1.29 is 14.2 Å². The molecule has 1 atom stereocenters. The largest absolute Gasteiger partial charge is 0.497 e. The van der Waals surface area contributed by atoms with Gasteiger partial charge in [-0.3, -0.25) is 9.89 Å². The van der Waals surface area contributed by atoms with E-state index in [1.54, 1.807) is 7.11 Å². The van der Waals surface area contributed by atoms with Crippen molar-refractivity contribution in [3.05, 3.63) is 52.6 Å². The summed E-state index contributed by atoms with van der Waals surface area (Å²) in [7, 11) is 1.64. The van der Waals surface area contributed by atoms with Crippen molar-refractivity contribution in [2.24, 2.45) is 4.99 Å². The van der Waals surface area contributed by atoms with Crippen LogP contribution < -0.4 is 14.2 Å². The molecule has 1 aliphatic rings. The first kappa shape index (κ1) is 31.0. The number of rotatable bonds is 13. The van der Waals surface area contributed by atoms with Gasteiger partial charge < -0.3 is 19.6 Å². The zero-order chi connectivity index (χ0) is 28.4. The molecule has 0 aliphatic heterocycles. The van der Waals surface area contributed by atoms with Crippen LogP contribution in [-0.2, 0) is 12.0 Å². The van der Waals surface area contributed by atoms with E-state index in [1.807, 2.05) is 30.5 Å². The SMILES string of the molecule is CCCN(CC)Cc1cc(C(C)(C)C)cc(C=N)c1OC(Cl)Oc1ccc(OC)cc1C=NC1CCCCC1. The van der Waals surface area contributed by atoms with Crippen LogP contribution in [0.4, 0.5) is 0 Å². The molecule has 0 radical (unpaired) electrons. The van der Waals surface area contributed by atoms with Crippen molar-refractivity contribution in [2.45, 2.75) is 96.9 Å². The Balaban J connectivity index is 1.90. The molecular formula is C32H46ClN3O3. The van der Waals surface area contributed by atoms with Crippen LogP contribution in [0.15, 0.2) is 35.3 Å². The predicted molar refractivity (Wildman–Crippen MR) is 163 cm³/mol. The molecule has 2 aromatic carbocycles. The van der Waals surface area contributed by atoms with Gasteiger partial charge in [-0.2, -0.15) is 0 Å². The summed E-state index contributed by atoms with van der Waals surface area (Å²) in [5.74, 6) is 0.778. The van der Waals surface area contributed by atoms with Gasteiger partial charge in [0.2, 0.25) is 0 Å². The Hall–Kier alpha value is -2.57. The second kappa shape index (κ2) is 14.7. The van der Waals surface area contributed by atoms with E-state index in [1.165, 1.54) is 25.5 Å². The fraction of sp³-hybridized carbons (Fsp3) is 0.562. The maximum Gasteiger partial charge on any atom is 0.322 e. The summed E-state index contributed by atoms with van der Waals surface area (Å²) in [4.78, 5) is 7.21. The molecule has 7 heteroatoms.